The van der Waals surface area contributed by atoms with E-state index in [1.54, 1.807) is 13.8 Å². The van der Waals surface area contributed by atoms with Crippen molar-refractivity contribution in [3.8, 4) is 0 Å². The molecule has 1 aliphatic heterocycles. The van der Waals surface area contributed by atoms with Crippen LogP contribution < -0.4 is 10.2 Å². The Balaban J connectivity index is 2.52. The van der Waals surface area contributed by atoms with Gasteiger partial charge in [-0.15, -0.1) is 0 Å². The van der Waals surface area contributed by atoms with E-state index in [1.165, 1.54) is 0 Å². The number of carbonyl (C=O) groups excluding carboxylic acids is 3. The summed E-state index contributed by atoms with van der Waals surface area (Å²) < 4.78 is 27.3. The van der Waals surface area contributed by atoms with Crippen LogP contribution in [0.1, 0.15) is 13.8 Å². The van der Waals surface area contributed by atoms with E-state index < -0.39 is 47.0 Å². The van der Waals surface area contributed by atoms with Gasteiger partial charge < -0.3 is 0 Å². The Morgan fingerprint density at radius 1 is 1.19 bits per heavy atom. The number of carbonyl (C=O) groups is 3. The Bertz CT molecular complexity index is 649. The molecule has 2 rings (SSSR count). The Kier molecular flexibility index (Phi) is 4.08. The second-order valence-electron chi connectivity index (χ2n) is 4.91. The minimum absolute atomic E-state index is 0.134. The zero-order valence-electron chi connectivity index (χ0n) is 11.1. The summed E-state index contributed by atoms with van der Waals surface area (Å²) in [4.78, 5) is 36.2. The summed E-state index contributed by atoms with van der Waals surface area (Å²) in [5.41, 5.74) is -0.531. The fourth-order valence-corrected chi connectivity index (χ4v) is 2.41. The van der Waals surface area contributed by atoms with Crippen LogP contribution in [0, 0.1) is 23.5 Å². The van der Waals surface area contributed by atoms with Crippen LogP contribution in [0.2, 0.25) is 0 Å². The number of benzene rings is 1. The molecule has 112 valence electrons. The normalized spacial score (nSPS) is 19.2. The lowest BCUT2D eigenvalue weighted by Crippen LogP contribution is -2.59. The fraction of sp³-hybridized carbons (Fsp3) is 0.308. The number of hydrogen-bond acceptors (Lipinski definition) is 3. The van der Waals surface area contributed by atoms with Gasteiger partial charge in [0.15, 0.2) is 0 Å². The van der Waals surface area contributed by atoms with E-state index in [0.717, 1.165) is 12.1 Å². The molecule has 1 fully saturated rings. The third-order valence-corrected chi connectivity index (χ3v) is 3.71. The van der Waals surface area contributed by atoms with Gasteiger partial charge >= 0.3 is 6.03 Å². The highest BCUT2D eigenvalue weighted by molar-refractivity contribution is 9.10. The van der Waals surface area contributed by atoms with Crippen molar-refractivity contribution in [3.63, 3.8) is 0 Å². The maximum atomic E-state index is 13.9. The highest BCUT2D eigenvalue weighted by Gasteiger charge is 2.43. The van der Waals surface area contributed by atoms with Crippen molar-refractivity contribution in [1.82, 2.24) is 5.32 Å². The molecule has 21 heavy (non-hydrogen) atoms. The van der Waals surface area contributed by atoms with Gasteiger partial charge in [-0.2, -0.15) is 0 Å². The molecular formula is C13H11BrF2N2O3. The molecule has 1 N–H and O–H groups in total. The van der Waals surface area contributed by atoms with Crippen LogP contribution in [0.15, 0.2) is 16.6 Å². The zero-order chi connectivity index (χ0) is 15.9. The fourth-order valence-electron chi connectivity index (χ4n) is 2.09. The van der Waals surface area contributed by atoms with Crippen LogP contribution >= 0.6 is 15.9 Å². The molecule has 0 aromatic heterocycles. The molecular weight excluding hydrogens is 350 g/mol. The van der Waals surface area contributed by atoms with Crippen molar-refractivity contribution in [1.29, 1.82) is 0 Å². The van der Waals surface area contributed by atoms with Crippen molar-refractivity contribution in [2.75, 3.05) is 4.90 Å². The van der Waals surface area contributed by atoms with Crippen molar-refractivity contribution in [2.45, 2.75) is 13.8 Å². The van der Waals surface area contributed by atoms with Gasteiger partial charge in [0.1, 0.15) is 17.6 Å². The van der Waals surface area contributed by atoms with Gasteiger partial charge in [0.25, 0.3) is 0 Å². The van der Waals surface area contributed by atoms with Crippen LogP contribution in [0.4, 0.5) is 19.3 Å². The number of halogens is 3. The molecule has 1 atom stereocenters. The van der Waals surface area contributed by atoms with E-state index in [1.807, 2.05) is 5.32 Å². The average Bonchev–Trinajstić information content (AvgIpc) is 2.34. The quantitative estimate of drug-likeness (QED) is 0.651. The third-order valence-electron chi connectivity index (χ3n) is 3.10. The summed E-state index contributed by atoms with van der Waals surface area (Å²) in [7, 11) is 0. The number of barbiturate groups is 1. The molecule has 1 unspecified atom stereocenters. The highest BCUT2D eigenvalue weighted by atomic mass is 79.9. The smallest absolute Gasteiger partial charge is 0.277 e. The number of rotatable bonds is 2. The number of urea groups is 1. The molecule has 1 saturated heterocycles. The van der Waals surface area contributed by atoms with E-state index >= 15 is 0 Å². The average molecular weight is 361 g/mol. The van der Waals surface area contributed by atoms with Crippen molar-refractivity contribution in [2.24, 2.45) is 11.8 Å². The molecule has 0 bridgehead atoms. The summed E-state index contributed by atoms with van der Waals surface area (Å²) in [6.07, 6.45) is 0. The van der Waals surface area contributed by atoms with Crippen LogP contribution in [0.3, 0.4) is 0 Å². The van der Waals surface area contributed by atoms with E-state index in [2.05, 4.69) is 15.9 Å². The Labute approximate surface area is 127 Å². The zero-order valence-corrected chi connectivity index (χ0v) is 12.7. The highest BCUT2D eigenvalue weighted by Crippen LogP contribution is 2.30. The molecule has 0 saturated carbocycles. The molecule has 0 aliphatic carbocycles. The molecule has 8 heteroatoms. The Hall–Kier alpha value is -1.83. The predicted octanol–water partition coefficient (Wildman–Crippen LogP) is 2.58. The second-order valence-corrected chi connectivity index (χ2v) is 5.76. The molecule has 1 aromatic rings. The van der Waals surface area contributed by atoms with Gasteiger partial charge in [-0.25, -0.2) is 18.5 Å². The summed E-state index contributed by atoms with van der Waals surface area (Å²) in [5, 5.41) is 1.98. The van der Waals surface area contributed by atoms with Crippen molar-refractivity contribution >= 4 is 39.5 Å². The van der Waals surface area contributed by atoms with E-state index in [9.17, 15) is 23.2 Å². The lowest BCUT2D eigenvalue weighted by atomic mass is 9.92. The third kappa shape index (κ3) is 2.67. The molecule has 0 spiro atoms. The number of anilines is 1. The Morgan fingerprint density at radius 2 is 1.81 bits per heavy atom. The largest absolute Gasteiger partial charge is 0.335 e. The van der Waals surface area contributed by atoms with Gasteiger partial charge in [0, 0.05) is 6.07 Å². The molecule has 5 nitrogen and oxygen atoms in total. The van der Waals surface area contributed by atoms with Crippen LogP contribution in [-0.2, 0) is 9.59 Å². The van der Waals surface area contributed by atoms with Gasteiger partial charge in [-0.1, -0.05) is 13.8 Å². The van der Waals surface area contributed by atoms with E-state index in [4.69, 9.17) is 0 Å². The van der Waals surface area contributed by atoms with Gasteiger partial charge in [0.05, 0.1) is 10.2 Å². The first-order valence-corrected chi connectivity index (χ1v) is 6.86. The summed E-state index contributed by atoms with van der Waals surface area (Å²) in [6, 6.07) is 0.443. The summed E-state index contributed by atoms with van der Waals surface area (Å²) >= 11 is 2.81. The van der Waals surface area contributed by atoms with E-state index in [0.29, 0.717) is 4.90 Å². The lowest BCUT2D eigenvalue weighted by molar-refractivity contribution is -0.136. The maximum absolute atomic E-state index is 13.9. The van der Waals surface area contributed by atoms with Gasteiger partial charge in [-0.05, 0) is 27.9 Å². The maximum Gasteiger partial charge on any atom is 0.335 e. The minimum Gasteiger partial charge on any atom is -0.277 e. The second kappa shape index (κ2) is 5.51. The lowest BCUT2D eigenvalue weighted by Gasteiger charge is -2.32. The number of amides is 4. The molecule has 1 heterocycles. The summed E-state index contributed by atoms with van der Waals surface area (Å²) in [5.74, 6) is -4.92. The first-order chi connectivity index (χ1) is 9.73. The van der Waals surface area contributed by atoms with E-state index in [-0.39, 0.29) is 4.47 Å². The number of hydrogen-bond donors (Lipinski definition) is 1. The topological polar surface area (TPSA) is 66.5 Å². The van der Waals surface area contributed by atoms with Gasteiger partial charge in [0.2, 0.25) is 11.8 Å². The number of imide groups is 2. The standard InChI is InChI=1S/C13H11BrF2N2O3/c1-5(2)10-11(19)17-13(21)18(12(10)20)9-4-7(15)6(14)3-8(9)16/h3-5,10H,1-2H3,(H,17,19,21). The van der Waals surface area contributed by atoms with Crippen LogP contribution in [0.5, 0.6) is 0 Å². The first-order valence-electron chi connectivity index (χ1n) is 6.07. The van der Waals surface area contributed by atoms with Crippen molar-refractivity contribution < 1.29 is 23.2 Å². The molecule has 1 aromatic carbocycles. The van der Waals surface area contributed by atoms with Crippen molar-refractivity contribution in [3.05, 3.63) is 28.2 Å². The van der Waals surface area contributed by atoms with Gasteiger partial charge in [-0.3, -0.25) is 14.9 Å². The molecule has 1 aliphatic rings. The Morgan fingerprint density at radius 3 is 2.38 bits per heavy atom. The molecule has 4 amide bonds. The van der Waals surface area contributed by atoms with Crippen LogP contribution in [-0.4, -0.2) is 17.8 Å². The number of nitrogens with zero attached hydrogens (tertiary/aromatic N) is 1. The SMILES string of the molecule is CC(C)C1C(=O)NC(=O)N(c2cc(F)c(Br)cc2F)C1=O. The number of nitrogens with one attached hydrogen (secondary N) is 1. The predicted molar refractivity (Wildman–Crippen MR) is 73.4 cm³/mol. The van der Waals surface area contributed by atoms with Crippen LogP contribution in [0.25, 0.3) is 0 Å². The first kappa shape index (κ1) is 15.6. The minimum atomic E-state index is -1.13. The molecule has 0 radical (unpaired) electrons. The summed E-state index contributed by atoms with van der Waals surface area (Å²) in [6.45, 7) is 3.24. The monoisotopic (exact) mass is 360 g/mol.